The van der Waals surface area contributed by atoms with E-state index in [-0.39, 0.29) is 0 Å². The topological polar surface area (TPSA) is 0 Å². The smallest absolute Gasteiger partial charge is 0.0622 e. The highest BCUT2D eigenvalue weighted by Crippen LogP contribution is 2.19. The van der Waals surface area contributed by atoms with Gasteiger partial charge in [-0.15, -0.1) is 0 Å². The number of benzene rings is 2. The van der Waals surface area contributed by atoms with E-state index in [9.17, 15) is 0 Å². The molecule has 0 aromatic heterocycles. The maximum atomic E-state index is 7.95. The van der Waals surface area contributed by atoms with Crippen molar-refractivity contribution in [2.24, 2.45) is 0 Å². The van der Waals surface area contributed by atoms with Crippen LogP contribution < -0.4 is 0 Å². The number of rotatable bonds is 1. The Morgan fingerprint density at radius 1 is 1.00 bits per heavy atom. The van der Waals surface area contributed by atoms with Gasteiger partial charge < -0.3 is 0 Å². The molecule has 0 bridgehead atoms. The summed E-state index contributed by atoms with van der Waals surface area (Å²) in [5, 5.41) is 0. The first-order chi connectivity index (χ1) is 7.59. The molecule has 0 aliphatic rings. The Morgan fingerprint density at radius 3 is 2.69 bits per heavy atom. The molecule has 0 heterocycles. The van der Waals surface area contributed by atoms with E-state index in [0.717, 1.165) is 11.1 Å². The second-order valence-corrected chi connectivity index (χ2v) is 2.95. The summed E-state index contributed by atoms with van der Waals surface area (Å²) in [4.78, 5) is 0. The number of hydrogen-bond donors (Lipinski definition) is 0. The van der Waals surface area contributed by atoms with Crippen LogP contribution in [0.1, 0.15) is 9.68 Å². The molecule has 0 unspecified atom stereocenters. The second kappa shape index (κ2) is 3.44. The monoisotopic (exact) mass is 171 g/mol. The lowest BCUT2D eigenvalue weighted by atomic mass is 10.0. The molecule has 0 heteroatoms. The van der Waals surface area contributed by atoms with Gasteiger partial charge in [0, 0.05) is 0 Å². The zero-order valence-electron chi connectivity index (χ0n) is 10.5. The molecule has 0 saturated heterocycles. The highest BCUT2D eigenvalue weighted by molar-refractivity contribution is 5.63. The summed E-state index contributed by atoms with van der Waals surface area (Å²) >= 11 is 0. The van der Waals surface area contributed by atoms with E-state index in [1.165, 1.54) is 6.07 Å². The minimum atomic E-state index is 0.298. The molecule has 0 saturated carbocycles. The predicted molar refractivity (Wildman–Crippen MR) is 56.6 cm³/mol. The summed E-state index contributed by atoms with van der Waals surface area (Å²) in [5.74, 6) is 0. The summed E-state index contributed by atoms with van der Waals surface area (Å²) in [6.07, 6.45) is 0. The van der Waals surface area contributed by atoms with E-state index in [2.05, 4.69) is 0 Å². The fraction of sp³-hybridized carbons (Fsp3) is 0.0769. The second-order valence-electron chi connectivity index (χ2n) is 2.95. The van der Waals surface area contributed by atoms with Crippen molar-refractivity contribution in [1.29, 1.82) is 0 Å². The van der Waals surface area contributed by atoms with Crippen LogP contribution in [0.15, 0.2) is 54.5 Å². The molecular formula is C13H12. The van der Waals surface area contributed by atoms with E-state index >= 15 is 0 Å². The number of hydrogen-bond acceptors (Lipinski definition) is 0. The third kappa shape index (κ3) is 1.78. The maximum Gasteiger partial charge on any atom is 0.0632 e. The highest BCUT2D eigenvalue weighted by atomic mass is 14.0. The van der Waals surface area contributed by atoms with Gasteiger partial charge >= 0.3 is 0 Å². The van der Waals surface area contributed by atoms with Crippen LogP contribution >= 0.6 is 0 Å². The van der Waals surface area contributed by atoms with Crippen molar-refractivity contribution in [3.05, 3.63) is 60.1 Å². The Balaban J connectivity index is 2.63. The molecule has 0 amide bonds. The highest BCUT2D eigenvalue weighted by Gasteiger charge is 1.94. The summed E-state index contributed by atoms with van der Waals surface area (Å²) in [6.45, 7) is 1.88. The van der Waals surface area contributed by atoms with Crippen molar-refractivity contribution in [2.45, 2.75) is 6.92 Å². The first-order valence-corrected chi connectivity index (χ1v) is 4.23. The third-order valence-corrected chi connectivity index (χ3v) is 1.89. The molecule has 2 rings (SSSR count). The first kappa shape index (κ1) is 5.23. The molecule has 0 aliphatic heterocycles. The Labute approximate surface area is 83.1 Å². The van der Waals surface area contributed by atoms with Crippen molar-refractivity contribution in [2.75, 3.05) is 0 Å². The van der Waals surface area contributed by atoms with Gasteiger partial charge in [-0.3, -0.25) is 0 Å². The Bertz CT molecular complexity index is 533. The zero-order chi connectivity index (χ0) is 11.7. The molecular weight excluding hydrogens is 156 g/mol. The van der Waals surface area contributed by atoms with Crippen molar-refractivity contribution >= 4 is 0 Å². The van der Waals surface area contributed by atoms with Gasteiger partial charge in [-0.05, 0) is 18.1 Å². The maximum absolute atomic E-state index is 7.95. The van der Waals surface area contributed by atoms with E-state index in [4.69, 9.17) is 4.11 Å². The van der Waals surface area contributed by atoms with Gasteiger partial charge in [-0.2, -0.15) is 0 Å². The van der Waals surface area contributed by atoms with Crippen LogP contribution in [-0.4, -0.2) is 0 Å². The van der Waals surface area contributed by atoms with Gasteiger partial charge in [0.15, 0.2) is 0 Å². The number of aryl methyl sites for hydroxylation is 1. The largest absolute Gasteiger partial charge is 0.0632 e. The molecule has 0 radical (unpaired) electrons. The van der Waals surface area contributed by atoms with E-state index in [1.807, 2.05) is 25.1 Å². The standard InChI is InChI=1S/C13H12/c1-11-6-5-9-13(10-11)12-7-3-2-4-8-12/h2-10H,1H3/i2D,7D,10D. The van der Waals surface area contributed by atoms with Crippen LogP contribution in [0.5, 0.6) is 0 Å². The minimum absolute atomic E-state index is 0.298. The van der Waals surface area contributed by atoms with Crippen LogP contribution in [0.4, 0.5) is 0 Å². The molecule has 2 aromatic rings. The van der Waals surface area contributed by atoms with Crippen molar-refractivity contribution in [1.82, 2.24) is 0 Å². The molecule has 0 N–H and O–H groups in total. The van der Waals surface area contributed by atoms with Gasteiger partial charge in [0.05, 0.1) is 4.11 Å². The predicted octanol–water partition coefficient (Wildman–Crippen LogP) is 3.66. The normalized spacial score (nSPS) is 13.2. The Kier molecular flexibility index (Phi) is 1.38. The molecule has 64 valence electrons. The lowest BCUT2D eigenvalue weighted by molar-refractivity contribution is 1.47. The van der Waals surface area contributed by atoms with Gasteiger partial charge in [0.25, 0.3) is 0 Å². The average molecular weight is 171 g/mol. The molecule has 0 nitrogen and oxygen atoms in total. The minimum Gasteiger partial charge on any atom is -0.0622 e. The van der Waals surface area contributed by atoms with Gasteiger partial charge in [0.2, 0.25) is 0 Å². The molecule has 0 fully saturated rings. The molecule has 2 aromatic carbocycles. The van der Waals surface area contributed by atoms with Crippen molar-refractivity contribution in [3.8, 4) is 11.1 Å². The van der Waals surface area contributed by atoms with Crippen LogP contribution in [0.2, 0.25) is 0 Å². The summed E-state index contributed by atoms with van der Waals surface area (Å²) in [6, 6.07) is 11.6. The molecule has 0 aliphatic carbocycles. The van der Waals surface area contributed by atoms with Crippen molar-refractivity contribution < 1.29 is 4.11 Å². The lowest BCUT2D eigenvalue weighted by Gasteiger charge is -2.01. The van der Waals surface area contributed by atoms with Gasteiger partial charge in [-0.25, -0.2) is 0 Å². The first-order valence-electron chi connectivity index (χ1n) is 5.73. The van der Waals surface area contributed by atoms with E-state index < -0.39 is 0 Å². The van der Waals surface area contributed by atoms with Crippen LogP contribution in [0.25, 0.3) is 11.1 Å². The van der Waals surface area contributed by atoms with Crippen LogP contribution in [-0.2, 0) is 0 Å². The lowest BCUT2D eigenvalue weighted by Crippen LogP contribution is -1.77. The quantitative estimate of drug-likeness (QED) is 0.614. The summed E-state index contributed by atoms with van der Waals surface area (Å²) < 4.78 is 23.2. The Hall–Kier alpha value is -1.56. The van der Waals surface area contributed by atoms with Crippen LogP contribution in [0.3, 0.4) is 0 Å². The fourth-order valence-corrected chi connectivity index (χ4v) is 1.26. The molecule has 13 heavy (non-hydrogen) atoms. The third-order valence-electron chi connectivity index (χ3n) is 1.89. The Morgan fingerprint density at radius 2 is 1.85 bits per heavy atom. The molecule has 0 atom stereocenters. The average Bonchev–Trinajstić information content (AvgIpc) is 2.23. The fourth-order valence-electron chi connectivity index (χ4n) is 1.26. The van der Waals surface area contributed by atoms with Crippen molar-refractivity contribution in [3.63, 3.8) is 0 Å². The van der Waals surface area contributed by atoms with E-state index in [1.54, 1.807) is 12.1 Å². The molecule has 0 spiro atoms. The SMILES string of the molecule is [2H]c1ccc(-c2cccc(C)c2[2H])c([2H])c1. The summed E-state index contributed by atoms with van der Waals surface area (Å²) in [7, 11) is 0. The zero-order valence-corrected chi connectivity index (χ0v) is 7.46. The van der Waals surface area contributed by atoms with Crippen LogP contribution in [0, 0.1) is 6.92 Å². The van der Waals surface area contributed by atoms with E-state index in [0.29, 0.717) is 23.7 Å². The summed E-state index contributed by atoms with van der Waals surface area (Å²) in [5.41, 5.74) is 2.36. The van der Waals surface area contributed by atoms with Gasteiger partial charge in [0.1, 0.15) is 0 Å². The van der Waals surface area contributed by atoms with Gasteiger partial charge in [-0.1, -0.05) is 60.1 Å².